The number of imidazole rings is 1. The lowest BCUT2D eigenvalue weighted by atomic mass is 9.97. The Balaban J connectivity index is 1.22. The maximum absolute atomic E-state index is 12.5. The maximum Gasteiger partial charge on any atom is 0.267 e. The van der Waals surface area contributed by atoms with Gasteiger partial charge in [0, 0.05) is 35.4 Å². The largest absolute Gasteiger partial charge is 0.354 e. The van der Waals surface area contributed by atoms with Crippen molar-refractivity contribution in [3.05, 3.63) is 74.8 Å². The number of rotatable bonds is 6. The molecule has 1 aliphatic rings. The van der Waals surface area contributed by atoms with Crippen molar-refractivity contribution in [2.75, 3.05) is 6.54 Å². The van der Waals surface area contributed by atoms with Crippen LogP contribution in [0.15, 0.2) is 46.7 Å². The first-order valence-electron chi connectivity index (χ1n) is 11.0. The number of aromatic nitrogens is 4. The lowest BCUT2D eigenvalue weighted by Gasteiger charge is -2.16. The molecule has 164 valence electrons. The summed E-state index contributed by atoms with van der Waals surface area (Å²) < 4.78 is 3.45. The number of benzene rings is 1. The van der Waals surface area contributed by atoms with E-state index in [-0.39, 0.29) is 17.9 Å². The molecule has 7 nitrogen and oxygen atoms in total. The Morgan fingerprint density at radius 2 is 2.00 bits per heavy atom. The monoisotopic (exact) mass is 447 g/mol. The van der Waals surface area contributed by atoms with Crippen LogP contribution < -0.4 is 10.9 Å². The minimum atomic E-state index is -0.0958. The summed E-state index contributed by atoms with van der Waals surface area (Å²) in [5, 5.41) is 9.39. The fourth-order valence-electron chi connectivity index (χ4n) is 4.11. The standard InChI is InChI=1S/C24H25N5O2S/c1-16-6-8-17(9-7-16)21-14-28-19(15-32-24(28)26-21)13-22(30)25-10-11-29-23(31)12-18-4-2-3-5-20(18)27-29/h6-9,12,14-15H,2-5,10-11,13H2,1H3,(H,25,30). The van der Waals surface area contributed by atoms with E-state index in [2.05, 4.69) is 41.6 Å². The SMILES string of the molecule is Cc1ccc(-c2cn3c(CC(=O)NCCn4nc5c(cc4=O)CCCC5)csc3n2)cc1. The van der Waals surface area contributed by atoms with Crippen LogP contribution in [-0.2, 0) is 30.6 Å². The number of hydrogen-bond donors (Lipinski definition) is 1. The van der Waals surface area contributed by atoms with Gasteiger partial charge in [0.15, 0.2) is 4.96 Å². The highest BCUT2D eigenvalue weighted by molar-refractivity contribution is 7.15. The third-order valence-electron chi connectivity index (χ3n) is 5.89. The van der Waals surface area contributed by atoms with Gasteiger partial charge in [0.2, 0.25) is 5.91 Å². The van der Waals surface area contributed by atoms with Gasteiger partial charge >= 0.3 is 0 Å². The molecule has 0 unspecified atom stereocenters. The summed E-state index contributed by atoms with van der Waals surface area (Å²) >= 11 is 1.53. The van der Waals surface area contributed by atoms with Gasteiger partial charge in [-0.1, -0.05) is 29.8 Å². The molecule has 0 aliphatic heterocycles. The van der Waals surface area contributed by atoms with Gasteiger partial charge in [-0.2, -0.15) is 5.10 Å². The summed E-state index contributed by atoms with van der Waals surface area (Å²) in [5.74, 6) is -0.0821. The lowest BCUT2D eigenvalue weighted by Crippen LogP contribution is -2.34. The molecule has 0 bridgehead atoms. The first-order chi connectivity index (χ1) is 15.6. The molecule has 5 rings (SSSR count). The van der Waals surface area contributed by atoms with Crippen LogP contribution >= 0.6 is 11.3 Å². The van der Waals surface area contributed by atoms with Crippen molar-refractivity contribution in [2.24, 2.45) is 0 Å². The molecule has 0 atom stereocenters. The zero-order valence-electron chi connectivity index (χ0n) is 18.0. The van der Waals surface area contributed by atoms with E-state index in [1.54, 1.807) is 6.07 Å². The molecule has 4 aromatic rings. The van der Waals surface area contributed by atoms with Gasteiger partial charge in [0.05, 0.1) is 24.4 Å². The van der Waals surface area contributed by atoms with Crippen LogP contribution in [0, 0.1) is 6.92 Å². The van der Waals surface area contributed by atoms with Gasteiger partial charge in [-0.05, 0) is 38.2 Å². The second kappa shape index (κ2) is 8.70. The second-order valence-electron chi connectivity index (χ2n) is 8.28. The number of fused-ring (bicyclic) bond motifs is 2. The van der Waals surface area contributed by atoms with Gasteiger partial charge in [-0.15, -0.1) is 11.3 Å². The van der Waals surface area contributed by atoms with Crippen molar-refractivity contribution in [2.45, 2.75) is 45.6 Å². The van der Waals surface area contributed by atoms with Crippen LogP contribution in [0.1, 0.15) is 35.4 Å². The van der Waals surface area contributed by atoms with Gasteiger partial charge in [0.1, 0.15) is 0 Å². The van der Waals surface area contributed by atoms with Crippen LogP contribution in [0.25, 0.3) is 16.2 Å². The van der Waals surface area contributed by atoms with E-state index in [0.717, 1.165) is 58.9 Å². The summed E-state index contributed by atoms with van der Waals surface area (Å²) in [5.41, 5.74) is 6.07. The molecule has 1 N–H and O–H groups in total. The molecule has 8 heteroatoms. The van der Waals surface area contributed by atoms with Gasteiger partial charge in [-0.3, -0.25) is 14.0 Å². The van der Waals surface area contributed by atoms with Crippen molar-refractivity contribution in [1.82, 2.24) is 24.5 Å². The fraction of sp³-hybridized carbons (Fsp3) is 0.333. The number of nitrogens with one attached hydrogen (secondary N) is 1. The van der Waals surface area contributed by atoms with E-state index in [4.69, 9.17) is 4.98 Å². The number of carbonyl (C=O) groups excluding carboxylic acids is 1. The third kappa shape index (κ3) is 4.23. The summed E-state index contributed by atoms with van der Waals surface area (Å²) in [6, 6.07) is 9.96. The molecule has 0 saturated heterocycles. The fourth-order valence-corrected chi connectivity index (χ4v) is 4.98. The summed E-state index contributed by atoms with van der Waals surface area (Å²) in [6.07, 6.45) is 6.33. The highest BCUT2D eigenvalue weighted by atomic mass is 32.1. The Kier molecular flexibility index (Phi) is 5.61. The smallest absolute Gasteiger partial charge is 0.267 e. The van der Waals surface area contributed by atoms with Gasteiger partial charge in [-0.25, -0.2) is 9.67 Å². The molecular formula is C24H25N5O2S. The van der Waals surface area contributed by atoms with Crippen LogP contribution in [0.3, 0.4) is 0 Å². The predicted molar refractivity (Wildman–Crippen MR) is 125 cm³/mol. The van der Waals surface area contributed by atoms with Crippen LogP contribution in [-0.4, -0.2) is 31.6 Å². The van der Waals surface area contributed by atoms with E-state index >= 15 is 0 Å². The Hall–Kier alpha value is -3.26. The van der Waals surface area contributed by atoms with Crippen molar-refractivity contribution in [3.8, 4) is 11.3 Å². The number of amides is 1. The molecule has 0 saturated carbocycles. The third-order valence-corrected chi connectivity index (χ3v) is 6.78. The molecular weight excluding hydrogens is 422 g/mol. The average Bonchev–Trinajstić information content (AvgIpc) is 3.36. The molecule has 3 aromatic heterocycles. The quantitative estimate of drug-likeness (QED) is 0.492. The molecule has 0 radical (unpaired) electrons. The molecule has 1 aromatic carbocycles. The molecule has 3 heterocycles. The van der Waals surface area contributed by atoms with Gasteiger partial charge < -0.3 is 5.32 Å². The van der Waals surface area contributed by atoms with Crippen molar-refractivity contribution in [3.63, 3.8) is 0 Å². The Labute approximate surface area is 189 Å². The van der Waals surface area contributed by atoms with E-state index in [0.29, 0.717) is 13.1 Å². The molecule has 0 spiro atoms. The number of hydrogen-bond acceptors (Lipinski definition) is 5. The van der Waals surface area contributed by atoms with E-state index in [1.807, 2.05) is 16.0 Å². The van der Waals surface area contributed by atoms with E-state index in [1.165, 1.54) is 21.6 Å². The Bertz CT molecular complexity index is 1330. The molecule has 32 heavy (non-hydrogen) atoms. The highest BCUT2D eigenvalue weighted by Gasteiger charge is 2.15. The zero-order valence-corrected chi connectivity index (χ0v) is 18.8. The molecule has 0 fully saturated rings. The van der Waals surface area contributed by atoms with E-state index in [9.17, 15) is 9.59 Å². The number of aryl methyl sites for hydroxylation is 3. The summed E-state index contributed by atoms with van der Waals surface area (Å²) in [4.78, 5) is 30.4. The normalized spacial score (nSPS) is 13.3. The minimum absolute atomic E-state index is 0.0821. The second-order valence-corrected chi connectivity index (χ2v) is 9.12. The van der Waals surface area contributed by atoms with Crippen molar-refractivity contribution in [1.29, 1.82) is 0 Å². The predicted octanol–water partition coefficient (Wildman–Crippen LogP) is 3.17. The first kappa shape index (κ1) is 20.6. The highest BCUT2D eigenvalue weighted by Crippen LogP contribution is 2.24. The van der Waals surface area contributed by atoms with Crippen LogP contribution in [0.2, 0.25) is 0 Å². The average molecular weight is 448 g/mol. The first-order valence-corrected chi connectivity index (χ1v) is 11.8. The van der Waals surface area contributed by atoms with Crippen molar-refractivity contribution < 1.29 is 4.79 Å². The number of thiazole rings is 1. The lowest BCUT2D eigenvalue weighted by molar-refractivity contribution is -0.120. The number of carbonyl (C=O) groups is 1. The Morgan fingerprint density at radius 3 is 2.84 bits per heavy atom. The minimum Gasteiger partial charge on any atom is -0.354 e. The zero-order chi connectivity index (χ0) is 22.1. The summed E-state index contributed by atoms with van der Waals surface area (Å²) in [7, 11) is 0. The topological polar surface area (TPSA) is 81.3 Å². The molecule has 1 amide bonds. The maximum atomic E-state index is 12.5. The van der Waals surface area contributed by atoms with Crippen LogP contribution in [0.5, 0.6) is 0 Å². The Morgan fingerprint density at radius 1 is 1.19 bits per heavy atom. The van der Waals surface area contributed by atoms with Gasteiger partial charge in [0.25, 0.3) is 5.56 Å². The van der Waals surface area contributed by atoms with E-state index < -0.39 is 0 Å². The summed E-state index contributed by atoms with van der Waals surface area (Å²) in [6.45, 7) is 2.81. The van der Waals surface area contributed by atoms with Crippen LogP contribution in [0.4, 0.5) is 0 Å². The number of nitrogens with zero attached hydrogens (tertiary/aromatic N) is 4. The molecule has 1 aliphatic carbocycles. The van der Waals surface area contributed by atoms with Crippen molar-refractivity contribution >= 4 is 22.2 Å².